The molecule has 0 atom stereocenters. The molecule has 0 unspecified atom stereocenters. The van der Waals surface area contributed by atoms with Gasteiger partial charge in [0.1, 0.15) is 0 Å². The summed E-state index contributed by atoms with van der Waals surface area (Å²) in [5, 5.41) is 1.11. The van der Waals surface area contributed by atoms with Crippen LogP contribution in [0.1, 0.15) is 5.56 Å². The molecular formula is C13H11Li. The van der Waals surface area contributed by atoms with Gasteiger partial charge in [0, 0.05) is 0 Å². The molecule has 0 aliphatic carbocycles. The summed E-state index contributed by atoms with van der Waals surface area (Å²) in [6.07, 6.45) is 0. The van der Waals surface area contributed by atoms with Gasteiger partial charge in [-0.2, -0.15) is 0 Å². The van der Waals surface area contributed by atoms with Crippen LogP contribution in [0, 0.1) is 0 Å². The Morgan fingerprint density at radius 3 is 1.86 bits per heavy atom. The molecule has 0 saturated heterocycles. The summed E-state index contributed by atoms with van der Waals surface area (Å²) < 4.78 is 0. The van der Waals surface area contributed by atoms with E-state index in [-0.39, 0.29) is 0 Å². The van der Waals surface area contributed by atoms with E-state index in [1.54, 1.807) is 0 Å². The molecule has 14 heavy (non-hydrogen) atoms. The van der Waals surface area contributed by atoms with Gasteiger partial charge in [0.05, 0.1) is 0 Å². The molecule has 0 aliphatic rings. The van der Waals surface area contributed by atoms with Gasteiger partial charge >= 0.3 is 94.1 Å². The second-order valence-electron chi connectivity index (χ2n) is 3.42. The summed E-state index contributed by atoms with van der Waals surface area (Å²) in [7, 11) is 0. The molecule has 0 aromatic heterocycles. The topological polar surface area (TPSA) is 0 Å². The number of benzene rings is 2. The monoisotopic (exact) mass is 174 g/mol. The summed E-state index contributed by atoms with van der Waals surface area (Å²) in [6, 6.07) is 19.2. The maximum atomic E-state index is 2.20. The molecule has 64 valence electrons. The van der Waals surface area contributed by atoms with Crippen molar-refractivity contribution in [1.29, 1.82) is 0 Å². The van der Waals surface area contributed by atoms with Crippen LogP contribution >= 0.6 is 0 Å². The molecule has 0 heterocycles. The second kappa shape index (κ2) is 4.51. The van der Waals surface area contributed by atoms with Gasteiger partial charge in [-0.25, -0.2) is 0 Å². The van der Waals surface area contributed by atoms with Gasteiger partial charge in [-0.05, 0) is 0 Å². The van der Waals surface area contributed by atoms with E-state index in [1.807, 2.05) is 6.07 Å². The van der Waals surface area contributed by atoms with Crippen LogP contribution in [-0.4, -0.2) is 17.7 Å². The van der Waals surface area contributed by atoms with E-state index in [9.17, 15) is 0 Å². The standard InChI is InChI=1S/C13H11.Li/c1-11-7-9-13(10-8-11)12-5-3-2-4-6-12;/h2-10H,1H2;. The van der Waals surface area contributed by atoms with Gasteiger partial charge in [-0.15, -0.1) is 0 Å². The fourth-order valence-corrected chi connectivity index (χ4v) is 1.56. The van der Waals surface area contributed by atoms with Crippen molar-refractivity contribution >= 4 is 17.7 Å². The van der Waals surface area contributed by atoms with E-state index < -0.39 is 0 Å². The molecule has 0 spiro atoms. The van der Waals surface area contributed by atoms with Crippen LogP contribution in [0.2, 0.25) is 0 Å². The molecule has 2 aromatic rings. The first-order chi connectivity index (χ1) is 6.90. The minimum absolute atomic E-state index is 1.11. The van der Waals surface area contributed by atoms with Crippen LogP contribution < -0.4 is 0 Å². The molecule has 0 saturated carbocycles. The molecule has 0 amide bonds. The Kier molecular flexibility index (Phi) is 3.09. The molecule has 0 radical (unpaired) electrons. The first kappa shape index (κ1) is 9.59. The SMILES string of the molecule is [Li][CH2]c1ccc(-c2ccccc2)cc1. The van der Waals surface area contributed by atoms with Crippen LogP contribution in [0.4, 0.5) is 0 Å². The van der Waals surface area contributed by atoms with Crippen molar-refractivity contribution in [2.75, 3.05) is 0 Å². The van der Waals surface area contributed by atoms with Crippen molar-refractivity contribution in [3.63, 3.8) is 0 Å². The third-order valence-corrected chi connectivity index (χ3v) is 2.47. The van der Waals surface area contributed by atoms with E-state index >= 15 is 0 Å². The summed E-state index contributed by atoms with van der Waals surface area (Å²) >= 11 is 2.18. The van der Waals surface area contributed by atoms with E-state index in [0.717, 1.165) is 5.09 Å². The zero-order valence-corrected chi connectivity index (χ0v) is 8.40. The molecule has 0 bridgehead atoms. The average Bonchev–Trinajstić information content (AvgIpc) is 2.30. The van der Waals surface area contributed by atoms with Gasteiger partial charge < -0.3 is 0 Å². The van der Waals surface area contributed by atoms with Crippen molar-refractivity contribution < 1.29 is 0 Å². The normalized spacial score (nSPS) is 10.1. The quantitative estimate of drug-likeness (QED) is 0.614. The zero-order chi connectivity index (χ0) is 9.80. The second-order valence-corrected chi connectivity index (χ2v) is 3.42. The molecule has 0 aliphatic heterocycles. The summed E-state index contributed by atoms with van der Waals surface area (Å²) in [5.74, 6) is 0. The van der Waals surface area contributed by atoms with Crippen LogP contribution in [0.5, 0.6) is 0 Å². The minimum atomic E-state index is 1.11. The Morgan fingerprint density at radius 1 is 0.714 bits per heavy atom. The van der Waals surface area contributed by atoms with Crippen molar-refractivity contribution in [3.8, 4) is 11.1 Å². The molecule has 2 rings (SSSR count). The van der Waals surface area contributed by atoms with Gasteiger partial charge in [-0.1, -0.05) is 0 Å². The van der Waals surface area contributed by atoms with Gasteiger partial charge in [0.25, 0.3) is 0 Å². The number of hydrogen-bond donors (Lipinski definition) is 0. The van der Waals surface area contributed by atoms with Gasteiger partial charge in [-0.3, -0.25) is 0 Å². The van der Waals surface area contributed by atoms with E-state index in [0.29, 0.717) is 0 Å². The first-order valence-corrected chi connectivity index (χ1v) is 5.04. The summed E-state index contributed by atoms with van der Waals surface area (Å²) in [5.41, 5.74) is 3.97. The fourth-order valence-electron chi connectivity index (χ4n) is 1.56. The van der Waals surface area contributed by atoms with Crippen LogP contribution in [-0.2, 0) is 5.09 Å². The van der Waals surface area contributed by atoms with E-state index in [4.69, 9.17) is 0 Å². The number of hydrogen-bond acceptors (Lipinski definition) is 0. The summed E-state index contributed by atoms with van der Waals surface area (Å²) in [6.45, 7) is 0. The van der Waals surface area contributed by atoms with Crippen molar-refractivity contribution in [2.24, 2.45) is 0 Å². The predicted octanol–water partition coefficient (Wildman–Crippen LogP) is 3.02. The Hall–Kier alpha value is -0.963. The van der Waals surface area contributed by atoms with Crippen molar-refractivity contribution in [1.82, 2.24) is 0 Å². The zero-order valence-electron chi connectivity index (χ0n) is 8.40. The van der Waals surface area contributed by atoms with Gasteiger partial charge in [0.2, 0.25) is 0 Å². The van der Waals surface area contributed by atoms with E-state index in [1.165, 1.54) is 16.7 Å². The molecule has 0 fully saturated rings. The van der Waals surface area contributed by atoms with Crippen LogP contribution in [0.15, 0.2) is 54.6 Å². The third kappa shape index (κ3) is 2.10. The Morgan fingerprint density at radius 2 is 1.29 bits per heavy atom. The molecule has 2 aromatic carbocycles. The molecule has 0 N–H and O–H groups in total. The number of rotatable bonds is 2. The van der Waals surface area contributed by atoms with Crippen molar-refractivity contribution in [3.05, 3.63) is 60.2 Å². The molecule has 0 nitrogen and oxygen atoms in total. The maximum absolute atomic E-state index is 2.20. The molecule has 1 heteroatoms. The van der Waals surface area contributed by atoms with Gasteiger partial charge in [0.15, 0.2) is 0 Å². The van der Waals surface area contributed by atoms with E-state index in [2.05, 4.69) is 66.2 Å². The Labute approximate surface area is 94.2 Å². The van der Waals surface area contributed by atoms with Crippen LogP contribution in [0.25, 0.3) is 11.1 Å². The average molecular weight is 174 g/mol. The van der Waals surface area contributed by atoms with Crippen molar-refractivity contribution in [2.45, 2.75) is 5.09 Å². The van der Waals surface area contributed by atoms with Crippen LogP contribution in [0.3, 0.4) is 0 Å². The Bertz CT molecular complexity index is 389. The first-order valence-electron chi connectivity index (χ1n) is 5.04. The molecular weight excluding hydrogens is 163 g/mol. The Balaban J connectivity index is 2.34. The third-order valence-electron chi connectivity index (χ3n) is 2.47. The summed E-state index contributed by atoms with van der Waals surface area (Å²) in [4.78, 5) is 0. The predicted molar refractivity (Wildman–Crippen MR) is 61.3 cm³/mol. The fraction of sp³-hybridized carbons (Fsp3) is 0.0769.